The summed E-state index contributed by atoms with van der Waals surface area (Å²) in [6, 6.07) is 0.0000292. The topological polar surface area (TPSA) is 78.1 Å². The summed E-state index contributed by atoms with van der Waals surface area (Å²) in [5.41, 5.74) is 2.59. The van der Waals surface area contributed by atoms with E-state index in [0.29, 0.717) is 17.8 Å². The zero-order chi connectivity index (χ0) is 18.0. The number of aromatic nitrogens is 2. The van der Waals surface area contributed by atoms with Gasteiger partial charge in [0.25, 0.3) is 0 Å². The maximum atomic E-state index is 11.7. The molecular formula is C18H32N4O2S. The van der Waals surface area contributed by atoms with Gasteiger partial charge in [-0.15, -0.1) is 0 Å². The number of hydrogen-bond acceptors (Lipinski definition) is 4. The molecule has 2 aliphatic rings. The Hall–Kier alpha value is -0.920. The molecule has 142 valence electrons. The number of likely N-dealkylation sites (tertiary alicyclic amines) is 1. The number of rotatable bonds is 6. The molecule has 2 N–H and O–H groups in total. The molecule has 1 aromatic rings. The van der Waals surface area contributed by atoms with Crippen LogP contribution in [-0.2, 0) is 16.6 Å². The number of sulfonamides is 1. The van der Waals surface area contributed by atoms with Crippen molar-refractivity contribution in [3.05, 3.63) is 17.5 Å². The normalized spacial score (nSPS) is 26.6. The van der Waals surface area contributed by atoms with Crippen LogP contribution in [0, 0.1) is 11.8 Å². The minimum atomic E-state index is -3.18. The summed E-state index contributed by atoms with van der Waals surface area (Å²) in [4.78, 5) is 2.38. The molecule has 1 saturated carbocycles. The lowest BCUT2D eigenvalue weighted by molar-refractivity contribution is 0.294. The molecule has 25 heavy (non-hydrogen) atoms. The van der Waals surface area contributed by atoms with Gasteiger partial charge in [0.2, 0.25) is 10.0 Å². The van der Waals surface area contributed by atoms with Gasteiger partial charge in [-0.3, -0.25) is 10.00 Å². The monoisotopic (exact) mass is 368 g/mol. The predicted octanol–water partition coefficient (Wildman–Crippen LogP) is 2.46. The van der Waals surface area contributed by atoms with E-state index in [2.05, 4.69) is 33.7 Å². The van der Waals surface area contributed by atoms with Crippen molar-refractivity contribution in [2.75, 3.05) is 19.3 Å². The molecule has 0 aromatic carbocycles. The van der Waals surface area contributed by atoms with E-state index in [9.17, 15) is 8.42 Å². The number of hydrogen-bond donors (Lipinski definition) is 2. The van der Waals surface area contributed by atoms with Crippen LogP contribution >= 0.6 is 0 Å². The third-order valence-electron chi connectivity index (χ3n) is 5.82. The van der Waals surface area contributed by atoms with Crippen molar-refractivity contribution in [3.63, 3.8) is 0 Å². The van der Waals surface area contributed by atoms with Crippen LogP contribution in [0.3, 0.4) is 0 Å². The lowest BCUT2D eigenvalue weighted by atomic mass is 9.85. The molecule has 0 radical (unpaired) electrons. The molecule has 2 fully saturated rings. The smallest absolute Gasteiger partial charge is 0.209 e. The van der Waals surface area contributed by atoms with Gasteiger partial charge >= 0.3 is 0 Å². The van der Waals surface area contributed by atoms with Gasteiger partial charge in [0.1, 0.15) is 0 Å². The summed E-state index contributed by atoms with van der Waals surface area (Å²) < 4.78 is 26.2. The largest absolute Gasteiger partial charge is 0.297 e. The second-order valence-corrected chi connectivity index (χ2v) is 10.0. The average Bonchev–Trinajstić information content (AvgIpc) is 3.14. The van der Waals surface area contributed by atoms with E-state index in [1.807, 2.05) is 6.20 Å². The zero-order valence-corrected chi connectivity index (χ0v) is 16.5. The van der Waals surface area contributed by atoms with Crippen molar-refractivity contribution in [3.8, 4) is 0 Å². The second kappa shape index (κ2) is 7.76. The average molecular weight is 369 g/mol. The van der Waals surface area contributed by atoms with Gasteiger partial charge in [0.05, 0.1) is 12.5 Å². The van der Waals surface area contributed by atoms with Crippen molar-refractivity contribution in [1.29, 1.82) is 0 Å². The third-order valence-corrected chi connectivity index (χ3v) is 6.55. The number of H-pyrrole nitrogens is 1. The number of nitrogens with zero attached hydrogens (tertiary/aromatic N) is 2. The lowest BCUT2D eigenvalue weighted by Gasteiger charge is -2.23. The van der Waals surface area contributed by atoms with E-state index in [0.717, 1.165) is 19.6 Å². The summed E-state index contributed by atoms with van der Waals surface area (Å²) in [5.74, 6) is 1.41. The third kappa shape index (κ3) is 4.83. The minimum absolute atomic E-state index is 0.0000292. The van der Waals surface area contributed by atoms with Crippen molar-refractivity contribution in [2.24, 2.45) is 11.8 Å². The highest BCUT2D eigenvalue weighted by Gasteiger charge is 2.36. The Kier molecular flexibility index (Phi) is 5.85. The molecule has 0 spiro atoms. The molecule has 1 aliphatic heterocycles. The molecule has 2 unspecified atom stereocenters. The fourth-order valence-electron chi connectivity index (χ4n) is 4.55. The first-order valence-electron chi connectivity index (χ1n) is 9.55. The zero-order valence-electron chi connectivity index (χ0n) is 15.7. The number of aromatic amines is 1. The van der Waals surface area contributed by atoms with Crippen LogP contribution in [-0.4, -0.2) is 48.9 Å². The van der Waals surface area contributed by atoms with Crippen molar-refractivity contribution >= 4 is 10.0 Å². The first-order chi connectivity index (χ1) is 11.8. The summed E-state index contributed by atoms with van der Waals surface area (Å²) in [7, 11) is -3.18. The second-order valence-electron chi connectivity index (χ2n) is 8.24. The summed E-state index contributed by atoms with van der Waals surface area (Å²) in [5, 5.41) is 7.55. The van der Waals surface area contributed by atoms with E-state index < -0.39 is 10.0 Å². The molecule has 1 aliphatic carbocycles. The van der Waals surface area contributed by atoms with Gasteiger partial charge in [-0.25, -0.2) is 13.1 Å². The molecule has 1 saturated heterocycles. The molecule has 1 aromatic heterocycles. The fraction of sp³-hybridized carbons (Fsp3) is 0.833. The van der Waals surface area contributed by atoms with Crippen LogP contribution in [0.25, 0.3) is 0 Å². The van der Waals surface area contributed by atoms with Crippen molar-refractivity contribution in [2.45, 2.75) is 64.5 Å². The van der Waals surface area contributed by atoms with E-state index in [-0.39, 0.29) is 6.04 Å². The van der Waals surface area contributed by atoms with Gasteiger partial charge in [-0.1, -0.05) is 33.1 Å². The van der Waals surface area contributed by atoms with Gasteiger partial charge in [0.15, 0.2) is 0 Å². The highest BCUT2D eigenvalue weighted by molar-refractivity contribution is 7.88. The fourth-order valence-corrected chi connectivity index (χ4v) is 5.35. The van der Waals surface area contributed by atoms with E-state index in [4.69, 9.17) is 0 Å². The van der Waals surface area contributed by atoms with Crippen LogP contribution in [0.4, 0.5) is 0 Å². The van der Waals surface area contributed by atoms with Crippen LogP contribution in [0.2, 0.25) is 0 Å². The van der Waals surface area contributed by atoms with Crippen molar-refractivity contribution < 1.29 is 8.42 Å². The molecule has 0 bridgehead atoms. The summed E-state index contributed by atoms with van der Waals surface area (Å²) in [6.45, 7) is 6.91. The lowest BCUT2D eigenvalue weighted by Crippen LogP contribution is -2.41. The molecular weight excluding hydrogens is 336 g/mol. The maximum Gasteiger partial charge on any atom is 0.209 e. The minimum Gasteiger partial charge on any atom is -0.297 e. The van der Waals surface area contributed by atoms with E-state index in [1.165, 1.54) is 49.6 Å². The number of nitrogens with one attached hydrogen (secondary N) is 2. The van der Waals surface area contributed by atoms with E-state index >= 15 is 0 Å². The quantitative estimate of drug-likeness (QED) is 0.808. The molecule has 6 nitrogen and oxygen atoms in total. The van der Waals surface area contributed by atoms with Crippen LogP contribution < -0.4 is 4.72 Å². The molecule has 2 heterocycles. The first kappa shape index (κ1) is 18.9. The maximum absolute atomic E-state index is 11.7. The van der Waals surface area contributed by atoms with Crippen LogP contribution in [0.15, 0.2) is 6.20 Å². The molecule has 3 rings (SSSR count). The Morgan fingerprint density at radius 2 is 2.00 bits per heavy atom. The standard InChI is InChI=1S/C18H32N4O2S/c1-13(2)16-11-22(12-17(16)21-25(3,23)24)10-15-9-19-20-18(15)14-7-5-4-6-8-14/h9,13-14,16-17,21H,4-8,10-12H2,1-3H3,(H,19,20). The van der Waals surface area contributed by atoms with Crippen LogP contribution in [0.5, 0.6) is 0 Å². The van der Waals surface area contributed by atoms with Crippen LogP contribution in [0.1, 0.15) is 63.1 Å². The molecule has 7 heteroatoms. The van der Waals surface area contributed by atoms with Gasteiger partial charge in [-0.2, -0.15) is 5.10 Å². The highest BCUT2D eigenvalue weighted by Crippen LogP contribution is 2.34. The summed E-state index contributed by atoms with van der Waals surface area (Å²) >= 11 is 0. The predicted molar refractivity (Wildman–Crippen MR) is 99.8 cm³/mol. The van der Waals surface area contributed by atoms with E-state index in [1.54, 1.807) is 0 Å². The van der Waals surface area contributed by atoms with Crippen molar-refractivity contribution in [1.82, 2.24) is 19.8 Å². The van der Waals surface area contributed by atoms with Gasteiger partial charge in [0, 0.05) is 42.9 Å². The molecule has 2 atom stereocenters. The summed E-state index contributed by atoms with van der Waals surface area (Å²) in [6.07, 6.45) is 9.69. The SMILES string of the molecule is CC(C)C1CN(Cc2cn[nH]c2C2CCCCC2)CC1NS(C)(=O)=O. The van der Waals surface area contributed by atoms with Gasteiger partial charge in [-0.05, 0) is 24.7 Å². The van der Waals surface area contributed by atoms with Gasteiger partial charge < -0.3 is 0 Å². The highest BCUT2D eigenvalue weighted by atomic mass is 32.2. The molecule has 0 amide bonds. The Morgan fingerprint density at radius 3 is 2.64 bits per heavy atom. The Morgan fingerprint density at radius 1 is 1.28 bits per heavy atom. The Bertz CT molecular complexity index is 664. The Labute approximate surface area is 151 Å². The first-order valence-corrected chi connectivity index (χ1v) is 11.4. The Balaban J connectivity index is 1.68.